The van der Waals surface area contributed by atoms with Gasteiger partial charge < -0.3 is 15.0 Å². The van der Waals surface area contributed by atoms with Crippen LogP contribution in [0, 0.1) is 0 Å². The van der Waals surface area contributed by atoms with Crippen LogP contribution in [-0.4, -0.2) is 51.7 Å². The minimum Gasteiger partial charge on any atom is -0.495 e. The van der Waals surface area contributed by atoms with Gasteiger partial charge in [0.1, 0.15) is 10.6 Å². The molecule has 2 aromatic carbocycles. The summed E-state index contributed by atoms with van der Waals surface area (Å²) < 4.78 is 33.0. The smallest absolute Gasteiger partial charge is 0.285 e. The van der Waals surface area contributed by atoms with Crippen molar-refractivity contribution >= 4 is 38.6 Å². The fraction of sp³-hybridized carbons (Fsp3) is 0.300. The first-order chi connectivity index (χ1) is 14.2. The number of carbonyl (C=O) groups is 2. The van der Waals surface area contributed by atoms with E-state index >= 15 is 0 Å². The molecular weight excluding hydrogens is 426 g/mol. The highest BCUT2D eigenvalue weighted by Gasteiger charge is 2.30. The van der Waals surface area contributed by atoms with Gasteiger partial charge in [0, 0.05) is 36.3 Å². The molecule has 0 aromatic heterocycles. The molecule has 1 aliphatic rings. The van der Waals surface area contributed by atoms with Gasteiger partial charge >= 0.3 is 0 Å². The Kier molecular flexibility index (Phi) is 6.69. The van der Waals surface area contributed by atoms with E-state index in [0.29, 0.717) is 5.69 Å². The Morgan fingerprint density at radius 1 is 1.10 bits per heavy atom. The Morgan fingerprint density at radius 3 is 2.33 bits per heavy atom. The Morgan fingerprint density at radius 2 is 1.77 bits per heavy atom. The van der Waals surface area contributed by atoms with Gasteiger partial charge in [0.2, 0.25) is 10.0 Å². The first kappa shape index (κ1) is 22.1. The van der Waals surface area contributed by atoms with Crippen molar-refractivity contribution in [2.75, 3.05) is 26.5 Å². The van der Waals surface area contributed by atoms with Crippen LogP contribution in [-0.2, 0) is 10.0 Å². The lowest BCUT2D eigenvalue weighted by atomic mass is 10.2. The number of carbonyl (C=O) groups excluding carboxylic acids is 2. The molecule has 0 bridgehead atoms. The summed E-state index contributed by atoms with van der Waals surface area (Å²) in [5, 5.41) is 2.63. The molecule has 1 aliphatic carbocycles. The molecule has 10 heteroatoms. The lowest BCUT2D eigenvalue weighted by Gasteiger charge is -2.13. The molecule has 1 fully saturated rings. The number of thioether (sulfide) groups is 1. The minimum absolute atomic E-state index is 0.0621. The lowest BCUT2D eigenvalue weighted by Crippen LogP contribution is -2.26. The number of hydrogen-bond acceptors (Lipinski definition) is 6. The second-order valence-corrected chi connectivity index (χ2v) is 9.71. The first-order valence-corrected chi connectivity index (χ1v) is 11.5. The average molecular weight is 450 g/mol. The molecule has 2 aromatic rings. The Hall–Kier alpha value is -2.56. The molecule has 0 spiro atoms. The molecule has 160 valence electrons. The third kappa shape index (κ3) is 5.53. The number of hydrogen-bond donors (Lipinski definition) is 2. The molecule has 30 heavy (non-hydrogen) atoms. The molecule has 1 saturated carbocycles. The van der Waals surface area contributed by atoms with Crippen LogP contribution >= 0.6 is 11.8 Å². The van der Waals surface area contributed by atoms with Gasteiger partial charge in [0.15, 0.2) is 0 Å². The number of nitrogens with one attached hydrogen (secondary N) is 2. The van der Waals surface area contributed by atoms with Crippen molar-refractivity contribution in [3.8, 4) is 5.75 Å². The maximum Gasteiger partial charge on any atom is 0.285 e. The third-order valence-electron chi connectivity index (χ3n) is 4.30. The van der Waals surface area contributed by atoms with E-state index in [1.807, 2.05) is 0 Å². The SMILES string of the molecule is COc1ccc(C(=O)Nc2ccc(SC(=O)N(C)C)cc2)cc1S(=O)(=O)NC1CC1. The number of methoxy groups -OCH3 is 1. The summed E-state index contributed by atoms with van der Waals surface area (Å²) in [5.41, 5.74) is 0.714. The third-order valence-corrected chi connectivity index (χ3v) is 6.89. The predicted octanol–water partition coefficient (Wildman–Crippen LogP) is 3.16. The zero-order chi connectivity index (χ0) is 21.9. The Bertz CT molecular complexity index is 1050. The summed E-state index contributed by atoms with van der Waals surface area (Å²) in [6.07, 6.45) is 1.60. The second-order valence-electron chi connectivity index (χ2n) is 7.00. The van der Waals surface area contributed by atoms with Gasteiger partial charge in [-0.1, -0.05) is 0 Å². The van der Waals surface area contributed by atoms with Gasteiger partial charge in [-0.05, 0) is 67.1 Å². The van der Waals surface area contributed by atoms with Crippen LogP contribution in [0.1, 0.15) is 23.2 Å². The lowest BCUT2D eigenvalue weighted by molar-refractivity contribution is 0.102. The predicted molar refractivity (Wildman–Crippen MR) is 116 cm³/mol. The van der Waals surface area contributed by atoms with Gasteiger partial charge in [-0.15, -0.1) is 0 Å². The van der Waals surface area contributed by atoms with Crippen LogP contribution in [0.15, 0.2) is 52.3 Å². The van der Waals surface area contributed by atoms with Crippen molar-refractivity contribution in [3.05, 3.63) is 48.0 Å². The van der Waals surface area contributed by atoms with E-state index in [4.69, 9.17) is 4.74 Å². The standard InChI is InChI=1S/C20H23N3O5S2/c1-23(2)20(25)29-16-9-7-14(8-10-16)21-19(24)13-4-11-17(28-3)18(12-13)30(26,27)22-15-5-6-15/h4,7-12,15,22H,5-6H2,1-3H3,(H,21,24). The molecule has 0 heterocycles. The van der Waals surface area contributed by atoms with E-state index in [9.17, 15) is 18.0 Å². The fourth-order valence-corrected chi connectivity index (χ4v) is 4.67. The molecule has 2 N–H and O–H groups in total. The minimum atomic E-state index is -3.79. The molecule has 0 radical (unpaired) electrons. The van der Waals surface area contributed by atoms with E-state index in [-0.39, 0.29) is 27.5 Å². The maximum absolute atomic E-state index is 12.6. The van der Waals surface area contributed by atoms with Crippen molar-refractivity contribution in [3.63, 3.8) is 0 Å². The quantitative estimate of drug-likeness (QED) is 0.629. The average Bonchev–Trinajstić information content (AvgIpc) is 3.52. The molecule has 8 nitrogen and oxygen atoms in total. The van der Waals surface area contributed by atoms with Crippen LogP contribution in [0.2, 0.25) is 0 Å². The molecular formula is C20H23N3O5S2. The molecule has 0 unspecified atom stereocenters. The summed E-state index contributed by atoms with van der Waals surface area (Å²) in [7, 11) is 0.942. The zero-order valence-corrected chi connectivity index (χ0v) is 18.5. The van der Waals surface area contributed by atoms with Crippen molar-refractivity contribution in [1.29, 1.82) is 0 Å². The number of ether oxygens (including phenoxy) is 1. The molecule has 0 aliphatic heterocycles. The highest BCUT2D eigenvalue weighted by Crippen LogP contribution is 2.29. The number of rotatable bonds is 7. The van der Waals surface area contributed by atoms with Crippen molar-refractivity contribution < 1.29 is 22.7 Å². The highest BCUT2D eigenvalue weighted by atomic mass is 32.2. The Balaban J connectivity index is 1.75. The number of benzene rings is 2. The first-order valence-electron chi connectivity index (χ1n) is 9.20. The second kappa shape index (κ2) is 9.07. The topological polar surface area (TPSA) is 105 Å². The van der Waals surface area contributed by atoms with Gasteiger partial charge in [-0.3, -0.25) is 9.59 Å². The monoisotopic (exact) mass is 449 g/mol. The highest BCUT2D eigenvalue weighted by molar-refractivity contribution is 8.13. The number of anilines is 1. The van der Waals surface area contributed by atoms with Gasteiger partial charge in [-0.2, -0.15) is 0 Å². The maximum atomic E-state index is 12.6. The van der Waals surface area contributed by atoms with Crippen molar-refractivity contribution in [2.45, 2.75) is 28.7 Å². The normalized spacial score (nSPS) is 13.6. The fourth-order valence-electron chi connectivity index (χ4n) is 2.51. The van der Waals surface area contributed by atoms with Gasteiger partial charge in [0.05, 0.1) is 7.11 Å². The van der Waals surface area contributed by atoms with Crippen molar-refractivity contribution in [1.82, 2.24) is 9.62 Å². The van der Waals surface area contributed by atoms with E-state index in [2.05, 4.69) is 10.0 Å². The number of amides is 2. The summed E-state index contributed by atoms with van der Waals surface area (Å²) in [4.78, 5) is 26.6. The van der Waals surface area contributed by atoms with Crippen molar-refractivity contribution in [2.24, 2.45) is 0 Å². The van der Waals surface area contributed by atoms with E-state index in [1.54, 1.807) is 38.4 Å². The van der Waals surface area contributed by atoms with Gasteiger partial charge in [-0.25, -0.2) is 13.1 Å². The Labute approximate surface area is 180 Å². The zero-order valence-electron chi connectivity index (χ0n) is 16.8. The number of sulfonamides is 1. The molecule has 0 atom stereocenters. The number of nitrogens with zero attached hydrogens (tertiary/aromatic N) is 1. The van der Waals surface area contributed by atoms with E-state index in [0.717, 1.165) is 29.5 Å². The van der Waals surface area contributed by atoms with Crippen LogP contribution in [0.5, 0.6) is 5.75 Å². The van der Waals surface area contributed by atoms with Crippen LogP contribution in [0.3, 0.4) is 0 Å². The summed E-state index contributed by atoms with van der Waals surface area (Å²) in [6.45, 7) is 0. The van der Waals surface area contributed by atoms with Gasteiger partial charge in [0.25, 0.3) is 11.1 Å². The summed E-state index contributed by atoms with van der Waals surface area (Å²) >= 11 is 1.08. The van der Waals surface area contributed by atoms with Crippen LogP contribution in [0.25, 0.3) is 0 Å². The summed E-state index contributed by atoms with van der Waals surface area (Å²) in [6, 6.07) is 11.0. The largest absolute Gasteiger partial charge is 0.495 e. The molecule has 2 amide bonds. The van der Waals surface area contributed by atoms with Crippen LogP contribution in [0.4, 0.5) is 10.5 Å². The molecule has 3 rings (SSSR count). The van der Waals surface area contributed by atoms with Crippen LogP contribution < -0.4 is 14.8 Å². The van der Waals surface area contributed by atoms with E-state index in [1.165, 1.54) is 30.2 Å². The summed E-state index contributed by atoms with van der Waals surface area (Å²) in [5.74, 6) is -0.281. The molecule has 0 saturated heterocycles. The van der Waals surface area contributed by atoms with E-state index < -0.39 is 15.9 Å².